The molecule has 1 rings (SSSR count). The molecule has 0 fully saturated rings. The molecule has 0 heterocycles. The average molecular weight is 320 g/mol. The standard InChI is InChI=1S/C18H28N2O3/c1-12(2)13(3)19-16(21)11-14-7-9-15(10-8-14)20-17(22)23-18(4,5)6/h7-10,12-13H,11H2,1-6H3,(H,19,21)(H,20,22). The van der Waals surface area contributed by atoms with Crippen LogP contribution in [-0.4, -0.2) is 23.6 Å². The van der Waals surface area contributed by atoms with Gasteiger partial charge >= 0.3 is 6.09 Å². The lowest BCUT2D eigenvalue weighted by molar-refractivity contribution is -0.121. The van der Waals surface area contributed by atoms with Crippen LogP contribution in [0, 0.1) is 5.92 Å². The van der Waals surface area contributed by atoms with Gasteiger partial charge in [0, 0.05) is 11.7 Å². The fraction of sp³-hybridized carbons (Fsp3) is 0.556. The number of rotatable bonds is 5. The molecule has 23 heavy (non-hydrogen) atoms. The maximum atomic E-state index is 11.9. The van der Waals surface area contributed by atoms with Crippen LogP contribution in [0.2, 0.25) is 0 Å². The van der Waals surface area contributed by atoms with Gasteiger partial charge in [0.2, 0.25) is 5.91 Å². The summed E-state index contributed by atoms with van der Waals surface area (Å²) in [7, 11) is 0. The lowest BCUT2D eigenvalue weighted by Gasteiger charge is -2.19. The van der Waals surface area contributed by atoms with Crippen molar-refractivity contribution in [3.63, 3.8) is 0 Å². The topological polar surface area (TPSA) is 67.4 Å². The van der Waals surface area contributed by atoms with E-state index in [1.54, 1.807) is 12.1 Å². The average Bonchev–Trinajstić information content (AvgIpc) is 2.38. The van der Waals surface area contributed by atoms with Crippen LogP contribution in [0.15, 0.2) is 24.3 Å². The number of ether oxygens (including phenoxy) is 1. The van der Waals surface area contributed by atoms with Gasteiger partial charge in [-0.25, -0.2) is 4.79 Å². The van der Waals surface area contributed by atoms with Crippen molar-refractivity contribution in [2.24, 2.45) is 5.92 Å². The maximum Gasteiger partial charge on any atom is 0.412 e. The Hall–Kier alpha value is -2.04. The molecule has 128 valence electrons. The predicted molar refractivity (Wildman–Crippen MR) is 92.4 cm³/mol. The number of carbonyl (C=O) groups is 2. The van der Waals surface area contributed by atoms with Crippen molar-refractivity contribution in [1.29, 1.82) is 0 Å². The number of carbonyl (C=O) groups excluding carboxylic acids is 2. The van der Waals surface area contributed by atoms with Crippen LogP contribution in [0.3, 0.4) is 0 Å². The van der Waals surface area contributed by atoms with E-state index in [0.717, 1.165) is 5.56 Å². The third-order valence-electron chi connectivity index (χ3n) is 3.35. The molecule has 0 bridgehead atoms. The first kappa shape index (κ1) is 19.0. The number of hydrogen-bond acceptors (Lipinski definition) is 3. The Morgan fingerprint density at radius 2 is 1.65 bits per heavy atom. The van der Waals surface area contributed by atoms with Gasteiger partial charge in [-0.2, -0.15) is 0 Å². The quantitative estimate of drug-likeness (QED) is 0.868. The van der Waals surface area contributed by atoms with E-state index >= 15 is 0 Å². The molecule has 0 aliphatic heterocycles. The summed E-state index contributed by atoms with van der Waals surface area (Å²) in [5, 5.41) is 5.64. The second kappa shape index (κ2) is 7.99. The van der Waals surface area contributed by atoms with Crippen molar-refractivity contribution < 1.29 is 14.3 Å². The van der Waals surface area contributed by atoms with Crippen molar-refractivity contribution in [3.8, 4) is 0 Å². The summed E-state index contributed by atoms with van der Waals surface area (Å²) in [5.41, 5.74) is 1.00. The van der Waals surface area contributed by atoms with Crippen molar-refractivity contribution in [1.82, 2.24) is 5.32 Å². The van der Waals surface area contributed by atoms with Crippen LogP contribution >= 0.6 is 0 Å². The normalized spacial score (nSPS) is 12.7. The van der Waals surface area contributed by atoms with E-state index < -0.39 is 11.7 Å². The summed E-state index contributed by atoms with van der Waals surface area (Å²) in [6.07, 6.45) is -0.169. The van der Waals surface area contributed by atoms with E-state index in [1.807, 2.05) is 39.8 Å². The molecule has 1 aromatic rings. The van der Waals surface area contributed by atoms with E-state index in [9.17, 15) is 9.59 Å². The lowest BCUT2D eigenvalue weighted by Crippen LogP contribution is -2.37. The van der Waals surface area contributed by atoms with Crippen LogP contribution in [0.25, 0.3) is 0 Å². The van der Waals surface area contributed by atoms with Crippen molar-refractivity contribution in [2.75, 3.05) is 5.32 Å². The Kier molecular flexibility index (Phi) is 6.61. The molecule has 0 aromatic heterocycles. The molecule has 0 spiro atoms. The highest BCUT2D eigenvalue weighted by molar-refractivity contribution is 5.85. The SMILES string of the molecule is CC(C)C(C)NC(=O)Cc1ccc(NC(=O)OC(C)(C)C)cc1. The van der Waals surface area contributed by atoms with Crippen LogP contribution < -0.4 is 10.6 Å². The summed E-state index contributed by atoms with van der Waals surface area (Å²) in [4.78, 5) is 23.6. The predicted octanol–water partition coefficient (Wildman–Crippen LogP) is 3.74. The fourth-order valence-electron chi connectivity index (χ4n) is 1.78. The number of benzene rings is 1. The van der Waals surface area contributed by atoms with Gasteiger partial charge in [-0.3, -0.25) is 10.1 Å². The summed E-state index contributed by atoms with van der Waals surface area (Å²) < 4.78 is 5.19. The molecule has 0 aliphatic rings. The number of amides is 2. The molecule has 1 unspecified atom stereocenters. The maximum absolute atomic E-state index is 11.9. The molecule has 1 aromatic carbocycles. The third-order valence-corrected chi connectivity index (χ3v) is 3.35. The molecule has 0 saturated heterocycles. The third kappa shape index (κ3) is 7.68. The van der Waals surface area contributed by atoms with Crippen molar-refractivity contribution in [3.05, 3.63) is 29.8 Å². The summed E-state index contributed by atoms with van der Waals surface area (Å²) in [5.74, 6) is 0.401. The van der Waals surface area contributed by atoms with Gasteiger partial charge in [-0.1, -0.05) is 26.0 Å². The number of hydrogen-bond donors (Lipinski definition) is 2. The van der Waals surface area contributed by atoms with Crippen LogP contribution in [0.5, 0.6) is 0 Å². The first-order chi connectivity index (χ1) is 10.6. The van der Waals surface area contributed by atoms with Gasteiger partial charge in [0.1, 0.15) is 5.60 Å². The van der Waals surface area contributed by atoms with E-state index in [4.69, 9.17) is 4.74 Å². The molecule has 2 N–H and O–H groups in total. The molecule has 5 heteroatoms. The first-order valence-electron chi connectivity index (χ1n) is 7.95. The van der Waals surface area contributed by atoms with Crippen molar-refractivity contribution in [2.45, 2.75) is 59.6 Å². The second-order valence-corrected chi connectivity index (χ2v) is 7.10. The Morgan fingerprint density at radius 3 is 2.13 bits per heavy atom. The molecule has 0 aliphatic carbocycles. The van der Waals surface area contributed by atoms with Gasteiger partial charge in [0.15, 0.2) is 0 Å². The Bertz CT molecular complexity index is 530. The number of anilines is 1. The Labute approximate surface area is 138 Å². The van der Waals surface area contributed by atoms with E-state index in [-0.39, 0.29) is 11.9 Å². The Morgan fingerprint density at radius 1 is 1.09 bits per heavy atom. The second-order valence-electron chi connectivity index (χ2n) is 7.10. The van der Waals surface area contributed by atoms with Gasteiger partial charge < -0.3 is 10.1 Å². The minimum Gasteiger partial charge on any atom is -0.444 e. The minimum atomic E-state index is -0.533. The molecule has 1 atom stereocenters. The molecular weight excluding hydrogens is 292 g/mol. The fourth-order valence-corrected chi connectivity index (χ4v) is 1.78. The van der Waals surface area contributed by atoms with Crippen LogP contribution in [0.1, 0.15) is 47.1 Å². The molecular formula is C18H28N2O3. The zero-order valence-corrected chi connectivity index (χ0v) is 14.9. The van der Waals surface area contributed by atoms with Gasteiger partial charge in [-0.15, -0.1) is 0 Å². The number of nitrogens with one attached hydrogen (secondary N) is 2. The largest absolute Gasteiger partial charge is 0.444 e. The van der Waals surface area contributed by atoms with E-state index in [1.165, 1.54) is 0 Å². The smallest absolute Gasteiger partial charge is 0.412 e. The molecule has 0 saturated carbocycles. The minimum absolute atomic E-state index is 0.000878. The molecule has 5 nitrogen and oxygen atoms in total. The van der Waals surface area contributed by atoms with Crippen LogP contribution in [0.4, 0.5) is 10.5 Å². The molecule has 0 radical (unpaired) electrons. The summed E-state index contributed by atoms with van der Waals surface area (Å²) >= 11 is 0. The highest BCUT2D eigenvalue weighted by Crippen LogP contribution is 2.13. The monoisotopic (exact) mass is 320 g/mol. The Balaban J connectivity index is 2.53. The first-order valence-corrected chi connectivity index (χ1v) is 7.95. The van der Waals surface area contributed by atoms with E-state index in [0.29, 0.717) is 18.0 Å². The van der Waals surface area contributed by atoms with E-state index in [2.05, 4.69) is 24.5 Å². The van der Waals surface area contributed by atoms with Crippen LogP contribution in [-0.2, 0) is 16.0 Å². The van der Waals surface area contributed by atoms with Crippen molar-refractivity contribution >= 4 is 17.7 Å². The highest BCUT2D eigenvalue weighted by atomic mass is 16.6. The summed E-state index contributed by atoms with van der Waals surface area (Å²) in [6.45, 7) is 11.6. The van der Waals surface area contributed by atoms with Gasteiger partial charge in [0.25, 0.3) is 0 Å². The summed E-state index contributed by atoms with van der Waals surface area (Å²) in [6, 6.07) is 7.32. The zero-order valence-electron chi connectivity index (χ0n) is 14.9. The van der Waals surface area contributed by atoms with Gasteiger partial charge in [0.05, 0.1) is 6.42 Å². The van der Waals surface area contributed by atoms with Gasteiger partial charge in [-0.05, 0) is 51.3 Å². The lowest BCUT2D eigenvalue weighted by atomic mass is 10.1. The molecule has 2 amide bonds. The zero-order chi connectivity index (χ0) is 17.6. The highest BCUT2D eigenvalue weighted by Gasteiger charge is 2.16.